The molecule has 0 aliphatic rings. The molecule has 2 aromatic carbocycles. The van der Waals surface area contributed by atoms with E-state index in [1.54, 1.807) is 45.9 Å². The molecule has 1 N–H and O–H groups in total. The maximum absolute atomic E-state index is 13.5. The topological polar surface area (TPSA) is 82.5 Å². The second-order valence-corrected chi connectivity index (χ2v) is 8.68. The molecule has 34 heavy (non-hydrogen) atoms. The smallest absolute Gasteiger partial charge is 0.416 e. The molecule has 182 valence electrons. The number of carbonyl (C=O) groups excluding carboxylic acids is 2. The normalized spacial score (nSPS) is 12.9. The van der Waals surface area contributed by atoms with E-state index in [1.165, 1.54) is 24.1 Å². The van der Waals surface area contributed by atoms with Crippen LogP contribution in [-0.2, 0) is 20.4 Å². The Morgan fingerprint density at radius 3 is 2.44 bits per heavy atom. The van der Waals surface area contributed by atoms with Crippen LogP contribution in [0.25, 0.3) is 16.6 Å². The van der Waals surface area contributed by atoms with Crippen LogP contribution in [0, 0.1) is 0 Å². The van der Waals surface area contributed by atoms with E-state index in [4.69, 9.17) is 9.47 Å². The summed E-state index contributed by atoms with van der Waals surface area (Å²) in [5.74, 6) is -1.35. The second-order valence-electron chi connectivity index (χ2n) is 8.68. The monoisotopic (exact) mass is 477 g/mol. The summed E-state index contributed by atoms with van der Waals surface area (Å²) >= 11 is 0. The molecule has 1 aromatic heterocycles. The number of nitrogens with zero attached hydrogens (tertiary/aromatic N) is 2. The molecule has 0 aliphatic carbocycles. The van der Waals surface area contributed by atoms with Crippen LogP contribution in [-0.4, -0.2) is 34.6 Å². The van der Waals surface area contributed by atoms with Crippen molar-refractivity contribution in [3.05, 3.63) is 53.7 Å². The third-order valence-corrected chi connectivity index (χ3v) is 5.10. The second kappa shape index (κ2) is 9.36. The van der Waals surface area contributed by atoms with E-state index in [0.29, 0.717) is 28.6 Å². The molecule has 0 radical (unpaired) electrons. The minimum Gasteiger partial charge on any atom is -0.469 e. The highest BCUT2D eigenvalue weighted by Crippen LogP contribution is 2.36. The van der Waals surface area contributed by atoms with Gasteiger partial charge in [0.2, 0.25) is 0 Å². The fourth-order valence-electron chi connectivity index (χ4n) is 3.62. The van der Waals surface area contributed by atoms with Crippen LogP contribution < -0.4 is 5.32 Å². The molecular weight excluding hydrogens is 451 g/mol. The third-order valence-electron chi connectivity index (χ3n) is 5.10. The SMILES string of the molecule is CCC(C(=O)OC)c1ccc(C(F)(F)F)cc1-n1ncc2c(NC(=O)OC(C)(C)C)cccc21. The van der Waals surface area contributed by atoms with Gasteiger partial charge in [0.05, 0.1) is 41.7 Å². The van der Waals surface area contributed by atoms with Crippen LogP contribution in [0.5, 0.6) is 0 Å². The van der Waals surface area contributed by atoms with Gasteiger partial charge in [-0.15, -0.1) is 0 Å². The first kappa shape index (κ1) is 25.1. The van der Waals surface area contributed by atoms with Gasteiger partial charge in [-0.25, -0.2) is 9.48 Å². The summed E-state index contributed by atoms with van der Waals surface area (Å²) in [4.78, 5) is 24.6. The quantitative estimate of drug-likeness (QED) is 0.452. The summed E-state index contributed by atoms with van der Waals surface area (Å²) in [7, 11) is 1.23. The molecule has 0 fully saturated rings. The molecule has 7 nitrogen and oxygen atoms in total. The number of aromatic nitrogens is 2. The predicted octanol–water partition coefficient (Wildman–Crippen LogP) is 6.06. The minimum absolute atomic E-state index is 0.0940. The highest BCUT2D eigenvalue weighted by atomic mass is 19.4. The zero-order valence-electron chi connectivity index (χ0n) is 19.5. The Hall–Kier alpha value is -3.56. The molecule has 3 aromatic rings. The van der Waals surface area contributed by atoms with Gasteiger partial charge in [-0.3, -0.25) is 10.1 Å². The van der Waals surface area contributed by atoms with E-state index >= 15 is 0 Å². The first-order valence-corrected chi connectivity index (χ1v) is 10.6. The number of ether oxygens (including phenoxy) is 2. The van der Waals surface area contributed by atoms with E-state index < -0.39 is 35.3 Å². The highest BCUT2D eigenvalue weighted by Gasteiger charge is 2.33. The zero-order chi connectivity index (χ0) is 25.3. The number of nitrogens with one attached hydrogen (secondary N) is 1. The number of esters is 1. The summed E-state index contributed by atoms with van der Waals surface area (Å²) in [6, 6.07) is 8.10. The van der Waals surface area contributed by atoms with Crippen molar-refractivity contribution in [2.75, 3.05) is 12.4 Å². The lowest BCUT2D eigenvalue weighted by atomic mass is 9.93. The molecule has 1 heterocycles. The van der Waals surface area contributed by atoms with Crippen molar-refractivity contribution >= 4 is 28.7 Å². The fraction of sp³-hybridized carbons (Fsp3) is 0.375. The molecule has 3 rings (SSSR count). The Morgan fingerprint density at radius 1 is 1.15 bits per heavy atom. The van der Waals surface area contributed by atoms with E-state index in [-0.39, 0.29) is 5.69 Å². The zero-order valence-corrected chi connectivity index (χ0v) is 19.5. The van der Waals surface area contributed by atoms with Crippen molar-refractivity contribution in [1.82, 2.24) is 9.78 Å². The van der Waals surface area contributed by atoms with Gasteiger partial charge in [0.25, 0.3) is 0 Å². The number of hydrogen-bond donors (Lipinski definition) is 1. The van der Waals surface area contributed by atoms with Crippen molar-refractivity contribution in [1.29, 1.82) is 0 Å². The molecule has 1 unspecified atom stereocenters. The lowest BCUT2D eigenvalue weighted by Crippen LogP contribution is -2.27. The summed E-state index contributed by atoms with van der Waals surface area (Å²) in [6.45, 7) is 6.93. The first-order chi connectivity index (χ1) is 15.9. The highest BCUT2D eigenvalue weighted by molar-refractivity contribution is 5.99. The molecule has 0 aliphatic heterocycles. The van der Waals surface area contributed by atoms with Crippen LogP contribution in [0.4, 0.5) is 23.7 Å². The molecular formula is C24H26F3N3O4. The minimum atomic E-state index is -4.59. The number of fused-ring (bicyclic) bond motifs is 1. The summed E-state index contributed by atoms with van der Waals surface area (Å²) in [5.41, 5.74) is -0.328. The molecule has 1 atom stereocenters. The Labute approximate surface area is 194 Å². The maximum Gasteiger partial charge on any atom is 0.416 e. The van der Waals surface area contributed by atoms with Gasteiger partial charge in [0, 0.05) is 5.39 Å². The van der Waals surface area contributed by atoms with Crippen LogP contribution in [0.15, 0.2) is 42.6 Å². The van der Waals surface area contributed by atoms with E-state index in [1.807, 2.05) is 0 Å². The van der Waals surface area contributed by atoms with Crippen molar-refractivity contribution in [2.24, 2.45) is 0 Å². The lowest BCUT2D eigenvalue weighted by Gasteiger charge is -2.20. The Bertz CT molecular complexity index is 1210. The number of anilines is 1. The van der Waals surface area contributed by atoms with E-state index in [2.05, 4.69) is 10.4 Å². The predicted molar refractivity (Wildman–Crippen MR) is 121 cm³/mol. The van der Waals surface area contributed by atoms with E-state index in [9.17, 15) is 22.8 Å². The molecule has 0 saturated carbocycles. The first-order valence-electron chi connectivity index (χ1n) is 10.6. The Balaban J connectivity index is 2.16. The number of halogens is 3. The van der Waals surface area contributed by atoms with Crippen molar-refractivity contribution in [2.45, 2.75) is 51.8 Å². The Kier molecular flexibility index (Phi) is 6.90. The molecule has 1 amide bonds. The van der Waals surface area contributed by atoms with Gasteiger partial charge in [0.15, 0.2) is 0 Å². The van der Waals surface area contributed by atoms with Crippen molar-refractivity contribution in [3.8, 4) is 5.69 Å². The molecule has 0 saturated heterocycles. The third kappa shape index (κ3) is 5.32. The number of rotatable bonds is 5. The number of carbonyl (C=O) groups is 2. The van der Waals surface area contributed by atoms with Gasteiger partial charge in [-0.05, 0) is 57.0 Å². The van der Waals surface area contributed by atoms with Gasteiger partial charge < -0.3 is 9.47 Å². The van der Waals surface area contributed by atoms with Gasteiger partial charge in [-0.1, -0.05) is 19.1 Å². The average molecular weight is 477 g/mol. The number of hydrogen-bond acceptors (Lipinski definition) is 5. The fourth-order valence-corrected chi connectivity index (χ4v) is 3.62. The maximum atomic E-state index is 13.5. The number of benzene rings is 2. The van der Waals surface area contributed by atoms with Crippen LogP contribution in [0.3, 0.4) is 0 Å². The van der Waals surface area contributed by atoms with Crippen molar-refractivity contribution < 1.29 is 32.2 Å². The van der Waals surface area contributed by atoms with Gasteiger partial charge in [-0.2, -0.15) is 18.3 Å². The van der Waals surface area contributed by atoms with Crippen LogP contribution in [0.2, 0.25) is 0 Å². The number of methoxy groups -OCH3 is 1. The van der Waals surface area contributed by atoms with Crippen LogP contribution in [0.1, 0.15) is 51.2 Å². The number of alkyl halides is 3. The number of amides is 1. The molecule has 0 spiro atoms. The summed E-state index contributed by atoms with van der Waals surface area (Å²) < 4.78 is 52.0. The molecule has 0 bridgehead atoms. The van der Waals surface area contributed by atoms with Gasteiger partial charge >= 0.3 is 18.2 Å². The standard InChI is InChI=1S/C24H26F3N3O4/c1-6-15(21(31)33-5)16-11-10-14(24(25,26)27)12-20(16)30-19-9-7-8-18(17(19)13-28-30)29-22(32)34-23(2,3)4/h7-13,15H,6H2,1-5H3,(H,29,32). The summed E-state index contributed by atoms with van der Waals surface area (Å²) in [6.07, 6.45) is -3.52. The average Bonchev–Trinajstić information content (AvgIpc) is 3.17. The largest absolute Gasteiger partial charge is 0.469 e. The van der Waals surface area contributed by atoms with Crippen LogP contribution >= 0.6 is 0 Å². The van der Waals surface area contributed by atoms with Gasteiger partial charge in [0.1, 0.15) is 5.60 Å². The summed E-state index contributed by atoms with van der Waals surface area (Å²) in [5, 5.41) is 7.44. The Morgan fingerprint density at radius 2 is 1.85 bits per heavy atom. The molecule has 10 heteroatoms. The lowest BCUT2D eigenvalue weighted by molar-refractivity contribution is -0.142. The van der Waals surface area contributed by atoms with E-state index in [0.717, 1.165) is 12.1 Å². The van der Waals surface area contributed by atoms with Crippen molar-refractivity contribution in [3.63, 3.8) is 0 Å².